The monoisotopic (exact) mass is 408 g/mol. The van der Waals surface area contributed by atoms with Crippen molar-refractivity contribution >= 4 is 11.9 Å². The first-order valence-corrected chi connectivity index (χ1v) is 8.70. The van der Waals surface area contributed by atoms with Crippen LogP contribution < -0.4 is 10.1 Å². The van der Waals surface area contributed by atoms with E-state index >= 15 is 0 Å². The fraction of sp³-hybridized carbons (Fsp3) is 0.300. The number of ether oxygens (including phenoxy) is 1. The number of halogens is 3. The molecule has 154 valence electrons. The summed E-state index contributed by atoms with van der Waals surface area (Å²) in [5.74, 6) is -0.130. The molecule has 1 aliphatic heterocycles. The van der Waals surface area contributed by atoms with Crippen molar-refractivity contribution in [3.63, 3.8) is 0 Å². The van der Waals surface area contributed by atoms with E-state index in [2.05, 4.69) is 5.32 Å². The summed E-state index contributed by atoms with van der Waals surface area (Å²) >= 11 is 0. The van der Waals surface area contributed by atoms with E-state index in [4.69, 9.17) is 4.74 Å². The number of aliphatic hydroxyl groups excluding tert-OH is 1. The molecule has 9 heteroatoms. The Morgan fingerprint density at radius 2 is 1.86 bits per heavy atom. The number of hydrogen-bond donors (Lipinski definition) is 2. The summed E-state index contributed by atoms with van der Waals surface area (Å²) in [5, 5.41) is 12.9. The van der Waals surface area contributed by atoms with Crippen LogP contribution in [0.25, 0.3) is 0 Å². The lowest BCUT2D eigenvalue weighted by atomic mass is 9.91. The highest BCUT2D eigenvalue weighted by atomic mass is 19.4. The van der Waals surface area contributed by atoms with Crippen molar-refractivity contribution in [3.05, 3.63) is 65.2 Å². The van der Waals surface area contributed by atoms with Gasteiger partial charge in [-0.2, -0.15) is 13.2 Å². The van der Waals surface area contributed by atoms with Crippen LogP contribution in [-0.4, -0.2) is 35.6 Å². The molecule has 2 unspecified atom stereocenters. The first-order chi connectivity index (χ1) is 13.6. The summed E-state index contributed by atoms with van der Waals surface area (Å²) in [5.41, 5.74) is -1.88. The average molecular weight is 408 g/mol. The third-order valence-electron chi connectivity index (χ3n) is 4.88. The number of nitrogens with one attached hydrogen (secondary N) is 1. The van der Waals surface area contributed by atoms with Crippen LogP contribution in [0.2, 0.25) is 0 Å². The Morgan fingerprint density at radius 3 is 2.52 bits per heavy atom. The van der Waals surface area contributed by atoms with E-state index in [0.29, 0.717) is 11.3 Å². The highest BCUT2D eigenvalue weighted by Crippen LogP contribution is 2.33. The first-order valence-electron chi connectivity index (χ1n) is 8.70. The molecule has 3 rings (SSSR count). The first kappa shape index (κ1) is 20.7. The number of β-amino-alcohol motifs (C(OH)–C–C–N with tert-alkyl or cyclic N) is 1. The van der Waals surface area contributed by atoms with Crippen LogP contribution in [0.3, 0.4) is 0 Å². The molecule has 2 N–H and O–H groups in total. The molecule has 1 aliphatic rings. The Bertz CT molecular complexity index is 947. The minimum absolute atomic E-state index is 0.0459. The predicted octanol–water partition coefficient (Wildman–Crippen LogP) is 3.21. The van der Waals surface area contributed by atoms with Gasteiger partial charge in [0, 0.05) is 0 Å². The fourth-order valence-corrected chi connectivity index (χ4v) is 3.19. The van der Waals surface area contributed by atoms with E-state index < -0.39 is 41.9 Å². The van der Waals surface area contributed by atoms with Gasteiger partial charge in [0.15, 0.2) is 0 Å². The number of hydrogen-bond acceptors (Lipinski definition) is 4. The van der Waals surface area contributed by atoms with Gasteiger partial charge in [-0.15, -0.1) is 0 Å². The standard InChI is InChI=1S/C20H19F3N2O4/c1-19(13-6-4-8-15(10-13)29-2)17(27)25(18(28)24-19)11-16(26)12-5-3-7-14(9-12)20(21,22)23/h3-10,16,26H,11H2,1-2H3,(H,24,28). The molecule has 1 saturated heterocycles. The molecule has 29 heavy (non-hydrogen) atoms. The number of aliphatic hydroxyl groups is 1. The Hall–Kier alpha value is -3.07. The third-order valence-corrected chi connectivity index (χ3v) is 4.88. The van der Waals surface area contributed by atoms with Gasteiger partial charge in [-0.1, -0.05) is 24.3 Å². The van der Waals surface area contributed by atoms with E-state index in [1.54, 1.807) is 24.3 Å². The molecule has 2 atom stereocenters. The number of nitrogens with zero attached hydrogens (tertiary/aromatic N) is 1. The molecule has 2 aromatic rings. The van der Waals surface area contributed by atoms with Gasteiger partial charge < -0.3 is 15.2 Å². The van der Waals surface area contributed by atoms with Crippen molar-refractivity contribution in [2.75, 3.05) is 13.7 Å². The molecule has 0 saturated carbocycles. The number of carbonyl (C=O) groups excluding carboxylic acids is 2. The maximum Gasteiger partial charge on any atom is 0.416 e. The van der Waals surface area contributed by atoms with Gasteiger partial charge in [0.1, 0.15) is 11.3 Å². The maximum absolute atomic E-state index is 12.9. The van der Waals surface area contributed by atoms with Crippen molar-refractivity contribution in [1.29, 1.82) is 0 Å². The summed E-state index contributed by atoms with van der Waals surface area (Å²) in [6.45, 7) is 1.03. The normalized spacial score (nSPS) is 20.6. The molecule has 2 aromatic carbocycles. The number of benzene rings is 2. The van der Waals surface area contributed by atoms with E-state index in [0.717, 1.165) is 23.1 Å². The molecule has 6 nitrogen and oxygen atoms in total. The van der Waals surface area contributed by atoms with Crippen LogP contribution in [0.1, 0.15) is 29.7 Å². The molecule has 0 spiro atoms. The smallest absolute Gasteiger partial charge is 0.416 e. The molecule has 0 radical (unpaired) electrons. The van der Waals surface area contributed by atoms with Gasteiger partial charge in [-0.25, -0.2) is 4.79 Å². The Balaban J connectivity index is 1.83. The second kappa shape index (κ2) is 7.40. The second-order valence-corrected chi connectivity index (χ2v) is 6.84. The van der Waals surface area contributed by atoms with Crippen LogP contribution >= 0.6 is 0 Å². The largest absolute Gasteiger partial charge is 0.497 e. The number of imide groups is 1. The SMILES string of the molecule is COc1cccc(C2(C)NC(=O)N(CC(O)c3cccc(C(F)(F)F)c3)C2=O)c1. The molecule has 1 fully saturated rings. The van der Waals surface area contributed by atoms with Crippen LogP contribution in [0.5, 0.6) is 5.75 Å². The van der Waals surface area contributed by atoms with E-state index in [1.807, 2.05) is 0 Å². The molecule has 3 amide bonds. The third kappa shape index (κ3) is 3.91. The Morgan fingerprint density at radius 1 is 1.17 bits per heavy atom. The molecular weight excluding hydrogens is 389 g/mol. The van der Waals surface area contributed by atoms with Crippen molar-refractivity contribution < 1.29 is 32.6 Å². The average Bonchev–Trinajstić information content (AvgIpc) is 2.91. The Kier molecular flexibility index (Phi) is 5.27. The lowest BCUT2D eigenvalue weighted by molar-refractivity contribution is -0.138. The number of amides is 3. The zero-order valence-corrected chi connectivity index (χ0v) is 15.7. The van der Waals surface area contributed by atoms with Crippen LogP contribution in [-0.2, 0) is 16.5 Å². The molecule has 1 heterocycles. The van der Waals surface area contributed by atoms with Crippen molar-refractivity contribution in [1.82, 2.24) is 10.2 Å². The summed E-state index contributed by atoms with van der Waals surface area (Å²) < 4.78 is 43.8. The van der Waals surface area contributed by atoms with Crippen molar-refractivity contribution in [2.24, 2.45) is 0 Å². The van der Waals surface area contributed by atoms with Crippen molar-refractivity contribution in [3.8, 4) is 5.75 Å². The van der Waals surface area contributed by atoms with Crippen LogP contribution in [0.15, 0.2) is 48.5 Å². The van der Waals surface area contributed by atoms with Crippen LogP contribution in [0, 0.1) is 0 Å². The summed E-state index contributed by atoms with van der Waals surface area (Å²) in [6.07, 6.45) is -6.04. The van der Waals surface area contributed by atoms with Gasteiger partial charge in [0.2, 0.25) is 0 Å². The van der Waals surface area contributed by atoms with Crippen molar-refractivity contribution in [2.45, 2.75) is 24.7 Å². The quantitative estimate of drug-likeness (QED) is 0.745. The zero-order valence-electron chi connectivity index (χ0n) is 15.7. The highest BCUT2D eigenvalue weighted by molar-refractivity contribution is 6.07. The molecule has 0 aliphatic carbocycles. The van der Waals surface area contributed by atoms with Gasteiger partial charge in [-0.3, -0.25) is 9.69 Å². The van der Waals surface area contributed by atoms with Gasteiger partial charge in [0.25, 0.3) is 5.91 Å². The lowest BCUT2D eigenvalue weighted by Crippen LogP contribution is -2.41. The van der Waals surface area contributed by atoms with Crippen LogP contribution in [0.4, 0.5) is 18.0 Å². The maximum atomic E-state index is 12.9. The number of alkyl halides is 3. The van der Waals surface area contributed by atoms with E-state index in [-0.39, 0.29) is 5.56 Å². The number of methoxy groups -OCH3 is 1. The number of rotatable bonds is 5. The predicted molar refractivity (Wildman–Crippen MR) is 97.0 cm³/mol. The minimum Gasteiger partial charge on any atom is -0.497 e. The highest BCUT2D eigenvalue weighted by Gasteiger charge is 2.49. The second-order valence-electron chi connectivity index (χ2n) is 6.84. The van der Waals surface area contributed by atoms with Gasteiger partial charge in [0.05, 0.1) is 25.3 Å². The van der Waals surface area contributed by atoms with Gasteiger partial charge >= 0.3 is 12.2 Å². The van der Waals surface area contributed by atoms with E-state index in [1.165, 1.54) is 20.1 Å². The molecular formula is C20H19F3N2O4. The zero-order chi connectivity index (χ0) is 21.4. The lowest BCUT2D eigenvalue weighted by Gasteiger charge is -2.23. The summed E-state index contributed by atoms with van der Waals surface area (Å²) in [7, 11) is 1.47. The molecule has 0 bridgehead atoms. The summed E-state index contributed by atoms with van der Waals surface area (Å²) in [4.78, 5) is 26.1. The molecule has 0 aromatic heterocycles. The Labute approximate surface area is 164 Å². The topological polar surface area (TPSA) is 78.9 Å². The fourth-order valence-electron chi connectivity index (χ4n) is 3.19. The number of urea groups is 1. The van der Waals surface area contributed by atoms with E-state index in [9.17, 15) is 27.9 Å². The number of carbonyl (C=O) groups is 2. The van der Waals surface area contributed by atoms with Gasteiger partial charge in [-0.05, 0) is 42.3 Å². The summed E-state index contributed by atoms with van der Waals surface area (Å²) in [6, 6.07) is 9.99. The minimum atomic E-state index is -4.57.